The zero-order valence-corrected chi connectivity index (χ0v) is 10.9. The molecule has 0 radical (unpaired) electrons. The maximum absolute atomic E-state index is 4.32. The number of nitrogens with zero attached hydrogens (tertiary/aromatic N) is 1. The van der Waals surface area contributed by atoms with Gasteiger partial charge in [0.15, 0.2) is 13.1 Å². The highest BCUT2D eigenvalue weighted by atomic mass is 15.0. The summed E-state index contributed by atoms with van der Waals surface area (Å²) in [7, 11) is 0. The highest BCUT2D eigenvalue weighted by Gasteiger charge is 2.36. The summed E-state index contributed by atoms with van der Waals surface area (Å²) in [6.45, 7) is 16.8. The number of allylic oxidation sites excluding steroid dienone is 2. The van der Waals surface area contributed by atoms with Gasteiger partial charge >= 0.3 is 0 Å². The van der Waals surface area contributed by atoms with Crippen molar-refractivity contribution in [3.8, 4) is 0 Å². The molecule has 0 aromatic heterocycles. The largest absolute Gasteiger partial charge is 0.232 e. The van der Waals surface area contributed by atoms with Crippen molar-refractivity contribution in [2.45, 2.75) is 33.6 Å². The molecule has 1 aliphatic rings. The van der Waals surface area contributed by atoms with Gasteiger partial charge < -0.3 is 0 Å². The van der Waals surface area contributed by atoms with Gasteiger partial charge in [-0.25, -0.2) is 4.58 Å². The first-order valence-corrected chi connectivity index (χ1v) is 6.19. The van der Waals surface area contributed by atoms with Crippen LogP contribution in [0.15, 0.2) is 36.5 Å². The third-order valence-corrected chi connectivity index (χ3v) is 3.96. The van der Waals surface area contributed by atoms with Crippen LogP contribution in [0.3, 0.4) is 0 Å². The van der Waals surface area contributed by atoms with Crippen LogP contribution in [0.5, 0.6) is 0 Å². The minimum atomic E-state index is 0.138. The summed E-state index contributed by atoms with van der Waals surface area (Å²) >= 11 is 0. The van der Waals surface area contributed by atoms with Crippen LogP contribution in [-0.4, -0.2) is 23.9 Å². The van der Waals surface area contributed by atoms with Crippen molar-refractivity contribution < 1.29 is 4.58 Å². The third kappa shape index (κ3) is 2.04. The molecule has 0 saturated carbocycles. The van der Waals surface area contributed by atoms with Crippen LogP contribution in [0.1, 0.15) is 33.6 Å². The molecule has 1 heterocycles. The molecular formula is C15H24N+. The van der Waals surface area contributed by atoms with Crippen molar-refractivity contribution in [1.29, 1.82) is 0 Å². The molecule has 0 unspecified atom stereocenters. The molecule has 0 bridgehead atoms. The molecule has 1 rings (SSSR count). The molecule has 0 fully saturated rings. The van der Waals surface area contributed by atoms with Crippen molar-refractivity contribution in [1.82, 2.24) is 0 Å². The van der Waals surface area contributed by atoms with Crippen molar-refractivity contribution in [3.05, 3.63) is 36.5 Å². The molecule has 1 aliphatic heterocycles. The van der Waals surface area contributed by atoms with Gasteiger partial charge in [0.1, 0.15) is 6.21 Å². The molecule has 88 valence electrons. The Balaban J connectivity index is 3.23. The summed E-state index contributed by atoms with van der Waals surface area (Å²) in [6.07, 6.45) is 8.68. The Labute approximate surface area is 99.9 Å². The zero-order valence-electron chi connectivity index (χ0n) is 10.9. The van der Waals surface area contributed by atoms with Crippen molar-refractivity contribution >= 4 is 6.21 Å². The van der Waals surface area contributed by atoms with Crippen LogP contribution in [0, 0.1) is 5.41 Å². The van der Waals surface area contributed by atoms with Crippen LogP contribution in [0.25, 0.3) is 0 Å². The molecule has 0 aliphatic carbocycles. The normalized spacial score (nSPS) is 22.8. The number of rotatable bonds is 3. The van der Waals surface area contributed by atoms with Gasteiger partial charge in [-0.1, -0.05) is 33.1 Å². The Hall–Kier alpha value is -1.11. The van der Waals surface area contributed by atoms with Gasteiger partial charge in [-0.2, -0.15) is 0 Å². The summed E-state index contributed by atoms with van der Waals surface area (Å²) in [6, 6.07) is 0. The summed E-state index contributed by atoms with van der Waals surface area (Å²) in [5.41, 5.74) is 2.81. The lowest BCUT2D eigenvalue weighted by molar-refractivity contribution is -0.505. The fraction of sp³-hybridized carbons (Fsp3) is 0.533. The second-order valence-corrected chi connectivity index (χ2v) is 4.44. The second-order valence-electron chi connectivity index (χ2n) is 4.44. The predicted molar refractivity (Wildman–Crippen MR) is 72.2 cm³/mol. The quantitative estimate of drug-likeness (QED) is 0.503. The molecule has 0 spiro atoms. The molecule has 0 N–H and O–H groups in total. The molecule has 1 heteroatoms. The van der Waals surface area contributed by atoms with Gasteiger partial charge in [0.2, 0.25) is 0 Å². The summed E-state index contributed by atoms with van der Waals surface area (Å²) in [4.78, 5) is 0. The zero-order chi connectivity index (χ0) is 12.2. The Bertz CT molecular complexity index is 340. The van der Waals surface area contributed by atoms with Gasteiger partial charge in [0.25, 0.3) is 0 Å². The van der Waals surface area contributed by atoms with E-state index in [9.17, 15) is 0 Å². The molecule has 0 atom stereocenters. The van der Waals surface area contributed by atoms with Crippen molar-refractivity contribution in [2.24, 2.45) is 5.41 Å². The topological polar surface area (TPSA) is 3.01 Å². The first-order chi connectivity index (χ1) is 7.64. The van der Waals surface area contributed by atoms with Crippen LogP contribution in [0.2, 0.25) is 0 Å². The highest BCUT2D eigenvalue weighted by Crippen LogP contribution is 2.43. The fourth-order valence-corrected chi connectivity index (χ4v) is 2.71. The van der Waals surface area contributed by atoms with Crippen LogP contribution < -0.4 is 0 Å². The Morgan fingerprint density at radius 2 is 2.06 bits per heavy atom. The minimum absolute atomic E-state index is 0.138. The Morgan fingerprint density at radius 3 is 2.50 bits per heavy atom. The lowest BCUT2D eigenvalue weighted by Crippen LogP contribution is -2.26. The molecule has 0 aromatic rings. The van der Waals surface area contributed by atoms with Crippen LogP contribution in [-0.2, 0) is 0 Å². The highest BCUT2D eigenvalue weighted by molar-refractivity contribution is 5.47. The van der Waals surface area contributed by atoms with E-state index in [1.165, 1.54) is 11.1 Å². The standard InChI is InChI=1S/C15H24N/c1-6-14-10-11-16(9-4)12-13(5)15(14,7-2)8-3/h6,9-10H,1,5,7-8,11-12H2,2-4H3/q+1. The molecular weight excluding hydrogens is 194 g/mol. The van der Waals surface area contributed by atoms with E-state index in [0.29, 0.717) is 0 Å². The number of hydrogen-bond acceptors (Lipinski definition) is 0. The average Bonchev–Trinajstić information content (AvgIpc) is 2.45. The first-order valence-electron chi connectivity index (χ1n) is 6.19. The monoisotopic (exact) mass is 218 g/mol. The van der Waals surface area contributed by atoms with Crippen molar-refractivity contribution in [2.75, 3.05) is 13.1 Å². The second kappa shape index (κ2) is 5.29. The fourth-order valence-electron chi connectivity index (χ4n) is 2.71. The van der Waals surface area contributed by atoms with Gasteiger partial charge in [-0.05, 0) is 30.1 Å². The van der Waals surface area contributed by atoms with Crippen molar-refractivity contribution in [3.63, 3.8) is 0 Å². The van der Waals surface area contributed by atoms with Gasteiger partial charge in [-0.15, -0.1) is 0 Å². The van der Waals surface area contributed by atoms with Gasteiger partial charge in [0.05, 0.1) is 0 Å². The predicted octanol–water partition coefficient (Wildman–Crippen LogP) is 3.58. The maximum Gasteiger partial charge on any atom is 0.164 e. The smallest absolute Gasteiger partial charge is 0.164 e. The van der Waals surface area contributed by atoms with E-state index in [1.807, 2.05) is 6.08 Å². The molecule has 16 heavy (non-hydrogen) atoms. The number of hydrogen-bond donors (Lipinski definition) is 0. The third-order valence-electron chi connectivity index (χ3n) is 3.96. The van der Waals surface area contributed by atoms with E-state index in [2.05, 4.69) is 50.8 Å². The van der Waals surface area contributed by atoms with Gasteiger partial charge in [-0.3, -0.25) is 0 Å². The molecule has 0 saturated heterocycles. The van der Waals surface area contributed by atoms with E-state index in [-0.39, 0.29) is 5.41 Å². The average molecular weight is 218 g/mol. The lowest BCUT2D eigenvalue weighted by Gasteiger charge is -2.33. The Kier molecular flexibility index (Phi) is 4.28. The van der Waals surface area contributed by atoms with Gasteiger partial charge in [0, 0.05) is 12.3 Å². The Morgan fingerprint density at radius 1 is 1.44 bits per heavy atom. The van der Waals surface area contributed by atoms with E-state index < -0.39 is 0 Å². The summed E-state index contributed by atoms with van der Waals surface area (Å²) in [5.74, 6) is 0. The summed E-state index contributed by atoms with van der Waals surface area (Å²) in [5, 5.41) is 0. The molecule has 1 nitrogen and oxygen atoms in total. The molecule has 0 aromatic carbocycles. The summed E-state index contributed by atoms with van der Waals surface area (Å²) < 4.78 is 2.30. The van der Waals surface area contributed by atoms with E-state index in [0.717, 1.165) is 25.9 Å². The van der Waals surface area contributed by atoms with E-state index >= 15 is 0 Å². The molecule has 0 amide bonds. The van der Waals surface area contributed by atoms with Crippen LogP contribution in [0.4, 0.5) is 0 Å². The lowest BCUT2D eigenvalue weighted by atomic mass is 9.70. The maximum atomic E-state index is 4.32. The first kappa shape index (κ1) is 13.0. The van der Waals surface area contributed by atoms with Crippen LogP contribution >= 0.6 is 0 Å². The minimum Gasteiger partial charge on any atom is -0.232 e. The van der Waals surface area contributed by atoms with E-state index in [4.69, 9.17) is 0 Å². The SMILES string of the molecule is C=CC1=CC[N+](=CC)CC(=C)C1(CC)CC. The van der Waals surface area contributed by atoms with E-state index in [1.54, 1.807) is 0 Å².